The SMILES string of the molecule is CC(C)(CO)CCCCC1CC=C(CCCC2CC=C(CCCCC(C)(C)C(=O)O)[S+]2[O-])[S+]1[O-]. The largest absolute Gasteiger partial charge is 0.611 e. The van der Waals surface area contributed by atoms with Gasteiger partial charge in [0.25, 0.3) is 0 Å². The number of carbonyl (C=O) groups is 1. The van der Waals surface area contributed by atoms with Crippen molar-refractivity contribution in [1.29, 1.82) is 0 Å². The summed E-state index contributed by atoms with van der Waals surface area (Å²) in [6.45, 7) is 7.89. The minimum Gasteiger partial charge on any atom is -0.611 e. The number of allylic oxidation sites excluding steroid dienone is 4. The van der Waals surface area contributed by atoms with Crippen LogP contribution in [0.15, 0.2) is 22.0 Å². The number of hydrogen-bond donors (Lipinski definition) is 2. The first-order valence-corrected chi connectivity index (χ1v) is 15.4. The molecule has 0 fully saturated rings. The van der Waals surface area contributed by atoms with Gasteiger partial charge in [-0.3, -0.25) is 4.79 Å². The first kappa shape index (κ1) is 29.8. The Morgan fingerprint density at radius 3 is 1.91 bits per heavy atom. The molecular weight excluding hydrogens is 468 g/mol. The summed E-state index contributed by atoms with van der Waals surface area (Å²) in [6, 6.07) is 0. The molecule has 2 aliphatic heterocycles. The van der Waals surface area contributed by atoms with Crippen molar-refractivity contribution in [3.63, 3.8) is 0 Å². The van der Waals surface area contributed by atoms with Crippen LogP contribution in [0.5, 0.6) is 0 Å². The molecule has 4 atom stereocenters. The Kier molecular flexibility index (Phi) is 12.0. The summed E-state index contributed by atoms with van der Waals surface area (Å²) in [5.41, 5.74) is -0.721. The molecule has 0 aromatic rings. The van der Waals surface area contributed by atoms with Crippen molar-refractivity contribution in [1.82, 2.24) is 0 Å². The van der Waals surface area contributed by atoms with E-state index in [2.05, 4.69) is 26.0 Å². The smallest absolute Gasteiger partial charge is 0.309 e. The zero-order chi connectivity index (χ0) is 25.4. The number of rotatable bonds is 16. The molecule has 2 N–H and O–H groups in total. The van der Waals surface area contributed by atoms with Crippen molar-refractivity contribution in [2.75, 3.05) is 6.61 Å². The maximum atomic E-state index is 12.9. The molecule has 2 aliphatic rings. The van der Waals surface area contributed by atoms with Crippen LogP contribution >= 0.6 is 0 Å². The Hall–Kier alpha value is -0.470. The zero-order valence-electron chi connectivity index (χ0n) is 21.6. The minimum atomic E-state index is -0.933. The molecular formula is C27H46O5S2. The normalized spacial score (nSPS) is 25.5. The van der Waals surface area contributed by atoms with Gasteiger partial charge in [0.1, 0.15) is 20.3 Å². The summed E-state index contributed by atoms with van der Waals surface area (Å²) >= 11 is -1.81. The molecule has 0 radical (unpaired) electrons. The average molecular weight is 515 g/mol. The van der Waals surface area contributed by atoms with E-state index >= 15 is 0 Å². The highest BCUT2D eigenvalue weighted by Gasteiger charge is 2.34. The van der Waals surface area contributed by atoms with Crippen LogP contribution < -0.4 is 0 Å². The van der Waals surface area contributed by atoms with Gasteiger partial charge < -0.3 is 19.3 Å². The predicted molar refractivity (Wildman–Crippen MR) is 142 cm³/mol. The Morgan fingerprint density at radius 2 is 1.38 bits per heavy atom. The molecule has 2 rings (SSSR count). The highest BCUT2D eigenvalue weighted by molar-refractivity contribution is 7.96. The maximum Gasteiger partial charge on any atom is 0.309 e. The predicted octanol–water partition coefficient (Wildman–Crippen LogP) is 6.22. The number of carboxylic acid groups (broad SMARTS) is 1. The molecule has 0 spiro atoms. The van der Waals surface area contributed by atoms with E-state index in [9.17, 15) is 24.1 Å². The number of aliphatic carboxylic acids is 1. The van der Waals surface area contributed by atoms with E-state index in [0.717, 1.165) is 86.9 Å². The molecule has 196 valence electrons. The highest BCUT2D eigenvalue weighted by atomic mass is 32.2. The van der Waals surface area contributed by atoms with Gasteiger partial charge in [0.2, 0.25) is 0 Å². The van der Waals surface area contributed by atoms with E-state index in [4.69, 9.17) is 0 Å². The monoisotopic (exact) mass is 514 g/mol. The quantitative estimate of drug-likeness (QED) is 0.188. The fourth-order valence-electron chi connectivity index (χ4n) is 4.68. The minimum absolute atomic E-state index is 0.0233. The van der Waals surface area contributed by atoms with E-state index in [1.165, 1.54) is 0 Å². The second kappa shape index (κ2) is 13.7. The summed E-state index contributed by atoms with van der Waals surface area (Å²) in [5.74, 6) is -0.761. The van der Waals surface area contributed by atoms with E-state index in [0.29, 0.717) is 6.42 Å². The Labute approximate surface area is 213 Å². The molecule has 7 heteroatoms. The number of aliphatic hydroxyl groups is 1. The summed E-state index contributed by atoms with van der Waals surface area (Å²) in [5, 5.41) is 19.0. The van der Waals surface area contributed by atoms with Crippen LogP contribution in [-0.2, 0) is 27.1 Å². The molecule has 0 bridgehead atoms. The third-order valence-electron chi connectivity index (χ3n) is 7.40. The van der Waals surface area contributed by atoms with Gasteiger partial charge in [0, 0.05) is 32.3 Å². The second-order valence-electron chi connectivity index (χ2n) is 11.5. The van der Waals surface area contributed by atoms with Crippen molar-refractivity contribution in [2.45, 2.75) is 122 Å². The molecule has 34 heavy (non-hydrogen) atoms. The van der Waals surface area contributed by atoms with Gasteiger partial charge in [-0.2, -0.15) is 0 Å². The highest BCUT2D eigenvalue weighted by Crippen LogP contribution is 2.36. The van der Waals surface area contributed by atoms with Gasteiger partial charge in [-0.1, -0.05) is 26.7 Å². The zero-order valence-corrected chi connectivity index (χ0v) is 23.3. The third-order valence-corrected chi connectivity index (χ3v) is 11.2. The van der Waals surface area contributed by atoms with Gasteiger partial charge in [-0.05, 0) is 98.7 Å². The van der Waals surface area contributed by atoms with Gasteiger partial charge in [-0.25, -0.2) is 0 Å². The van der Waals surface area contributed by atoms with Gasteiger partial charge >= 0.3 is 5.97 Å². The van der Waals surface area contributed by atoms with Crippen LogP contribution in [0.2, 0.25) is 0 Å². The Morgan fingerprint density at radius 1 is 0.882 bits per heavy atom. The van der Waals surface area contributed by atoms with Crippen molar-refractivity contribution < 1.29 is 24.1 Å². The van der Waals surface area contributed by atoms with Crippen molar-refractivity contribution >= 4 is 28.3 Å². The summed E-state index contributed by atoms with van der Waals surface area (Å²) < 4.78 is 25.7. The van der Waals surface area contributed by atoms with Crippen molar-refractivity contribution in [2.24, 2.45) is 10.8 Å². The molecule has 4 unspecified atom stereocenters. The van der Waals surface area contributed by atoms with Crippen molar-refractivity contribution in [3.8, 4) is 0 Å². The number of unbranched alkanes of at least 4 members (excludes halogenated alkanes) is 2. The van der Waals surface area contributed by atoms with Crippen LogP contribution in [0.1, 0.15) is 111 Å². The Bertz CT molecular complexity index is 716. The number of hydrogen-bond acceptors (Lipinski definition) is 4. The van der Waals surface area contributed by atoms with E-state index in [-0.39, 0.29) is 22.5 Å². The maximum absolute atomic E-state index is 12.9. The van der Waals surface area contributed by atoms with E-state index in [1.54, 1.807) is 13.8 Å². The lowest BCUT2D eigenvalue weighted by Crippen LogP contribution is -2.23. The fraction of sp³-hybridized carbons (Fsp3) is 0.815. The standard InChI is InChI=1S/C27H46O5S2/c1-26(2,20-28)18-7-5-10-21-14-16-23(33(21)31)12-9-13-24-17-15-22(34(24)32)11-6-8-19-27(3,4)25(29)30/h15-16,21,24,28H,5-14,17-20H2,1-4H3,(H,29,30). The topological polar surface area (TPSA) is 104 Å². The lowest BCUT2D eigenvalue weighted by molar-refractivity contribution is -0.147. The second-order valence-corrected chi connectivity index (χ2v) is 15.1. The van der Waals surface area contributed by atoms with Crippen LogP contribution in [0.25, 0.3) is 0 Å². The lowest BCUT2D eigenvalue weighted by Gasteiger charge is -2.22. The first-order chi connectivity index (χ1) is 16.0. The van der Waals surface area contributed by atoms with Crippen LogP contribution in [0.4, 0.5) is 0 Å². The number of carboxylic acids is 1. The number of aliphatic hydroxyl groups excluding tert-OH is 1. The van der Waals surface area contributed by atoms with E-state index < -0.39 is 33.7 Å². The van der Waals surface area contributed by atoms with Crippen LogP contribution in [0, 0.1) is 10.8 Å². The summed E-state index contributed by atoms with van der Waals surface area (Å²) in [6.07, 6.45) is 16.0. The van der Waals surface area contributed by atoms with Gasteiger partial charge in [-0.15, -0.1) is 0 Å². The van der Waals surface area contributed by atoms with Crippen molar-refractivity contribution in [3.05, 3.63) is 22.0 Å². The van der Waals surface area contributed by atoms with Crippen LogP contribution in [0.3, 0.4) is 0 Å². The first-order valence-electron chi connectivity index (χ1n) is 13.0. The molecule has 5 nitrogen and oxygen atoms in total. The molecule has 0 saturated carbocycles. The summed E-state index contributed by atoms with van der Waals surface area (Å²) in [4.78, 5) is 13.3. The van der Waals surface area contributed by atoms with Gasteiger partial charge in [0.15, 0.2) is 0 Å². The molecule has 0 amide bonds. The summed E-state index contributed by atoms with van der Waals surface area (Å²) in [7, 11) is 0. The fourth-order valence-corrected chi connectivity index (χ4v) is 8.05. The Balaban J connectivity index is 1.61. The molecule has 0 saturated heterocycles. The van der Waals surface area contributed by atoms with Crippen LogP contribution in [-0.4, -0.2) is 42.4 Å². The lowest BCUT2D eigenvalue weighted by atomic mass is 9.87. The third kappa shape index (κ3) is 9.20. The van der Waals surface area contributed by atoms with Gasteiger partial charge in [0.05, 0.1) is 5.41 Å². The molecule has 0 aliphatic carbocycles. The average Bonchev–Trinajstić information content (AvgIpc) is 3.31. The van der Waals surface area contributed by atoms with E-state index in [1.807, 2.05) is 0 Å². The molecule has 2 heterocycles. The molecule has 0 aromatic heterocycles. The molecule has 0 aromatic carbocycles.